The summed E-state index contributed by atoms with van der Waals surface area (Å²) in [6.45, 7) is -0.482. The van der Waals surface area contributed by atoms with E-state index >= 15 is 0 Å². The van der Waals surface area contributed by atoms with Gasteiger partial charge in [-0.3, -0.25) is 35.3 Å². The molecule has 2 rings (SSSR count). The summed E-state index contributed by atoms with van der Waals surface area (Å²) in [6.07, 6.45) is 5.75. The first-order valence-electron chi connectivity index (χ1n) is 8.45. The van der Waals surface area contributed by atoms with E-state index in [1.165, 1.54) is 37.1 Å². The second-order valence-corrected chi connectivity index (χ2v) is 6.16. The average molecular weight is 363 g/mol. The van der Waals surface area contributed by atoms with Gasteiger partial charge in [0.05, 0.1) is 4.92 Å². The molecule has 0 aromatic heterocycles. The summed E-state index contributed by atoms with van der Waals surface area (Å²) in [4.78, 5) is 45.0. The molecule has 1 fully saturated rings. The zero-order chi connectivity index (χ0) is 18.9. The van der Waals surface area contributed by atoms with Crippen LogP contribution in [0, 0.1) is 16.0 Å². The predicted octanol–water partition coefficient (Wildman–Crippen LogP) is 1.87. The van der Waals surface area contributed by atoms with Crippen molar-refractivity contribution in [2.45, 2.75) is 38.5 Å². The van der Waals surface area contributed by atoms with Crippen LogP contribution in [-0.4, -0.2) is 29.3 Å². The average Bonchev–Trinajstić information content (AvgIpc) is 3.16. The number of carbonyl (C=O) groups is 3. The standard InChI is InChI=1S/C17H21N3O6/c21-15(11-26-16(22)10-5-12-3-1-2-4-12)18-19-17(23)13-6-8-14(9-7-13)20(24)25/h6-9,12H,1-5,10-11H2,(H,18,21)(H,19,23). The van der Waals surface area contributed by atoms with E-state index in [9.17, 15) is 24.5 Å². The third-order valence-corrected chi connectivity index (χ3v) is 4.25. The minimum Gasteiger partial charge on any atom is -0.455 e. The minimum atomic E-state index is -0.672. The highest BCUT2D eigenvalue weighted by atomic mass is 16.6. The lowest BCUT2D eigenvalue weighted by molar-refractivity contribution is -0.384. The summed E-state index contributed by atoms with van der Waals surface area (Å²) >= 11 is 0. The number of nitrogens with one attached hydrogen (secondary N) is 2. The fourth-order valence-corrected chi connectivity index (χ4v) is 2.81. The molecule has 0 unspecified atom stereocenters. The first-order chi connectivity index (χ1) is 12.5. The second kappa shape index (κ2) is 9.50. The Morgan fingerprint density at radius 1 is 1.12 bits per heavy atom. The van der Waals surface area contributed by atoms with E-state index in [2.05, 4.69) is 10.9 Å². The Bertz CT molecular complexity index is 668. The second-order valence-electron chi connectivity index (χ2n) is 6.16. The minimum absolute atomic E-state index is 0.143. The van der Waals surface area contributed by atoms with Gasteiger partial charge in [0.2, 0.25) is 0 Å². The SMILES string of the molecule is O=C(COC(=O)CCC1CCCC1)NNC(=O)c1ccc([N+](=O)[O-])cc1. The van der Waals surface area contributed by atoms with Crippen LogP contribution in [0.3, 0.4) is 0 Å². The van der Waals surface area contributed by atoms with Crippen LogP contribution in [0.15, 0.2) is 24.3 Å². The van der Waals surface area contributed by atoms with Gasteiger partial charge >= 0.3 is 5.97 Å². The van der Waals surface area contributed by atoms with Crippen molar-refractivity contribution >= 4 is 23.5 Å². The third-order valence-electron chi connectivity index (χ3n) is 4.25. The van der Waals surface area contributed by atoms with Crippen LogP contribution in [0.4, 0.5) is 5.69 Å². The van der Waals surface area contributed by atoms with E-state index in [0.717, 1.165) is 19.3 Å². The van der Waals surface area contributed by atoms with Gasteiger partial charge in [-0.2, -0.15) is 0 Å². The molecule has 1 aromatic carbocycles. The number of amides is 2. The normalized spacial score (nSPS) is 13.8. The maximum Gasteiger partial charge on any atom is 0.306 e. The van der Waals surface area contributed by atoms with Gasteiger partial charge in [0.1, 0.15) is 0 Å². The van der Waals surface area contributed by atoms with E-state index in [1.807, 2.05) is 0 Å². The van der Waals surface area contributed by atoms with Gasteiger partial charge in [0.25, 0.3) is 17.5 Å². The first kappa shape index (κ1) is 19.4. The Morgan fingerprint density at radius 2 is 1.77 bits per heavy atom. The van der Waals surface area contributed by atoms with Gasteiger partial charge in [-0.25, -0.2) is 0 Å². The number of ether oxygens (including phenoxy) is 1. The van der Waals surface area contributed by atoms with Crippen LogP contribution in [0.1, 0.15) is 48.9 Å². The van der Waals surface area contributed by atoms with E-state index in [1.54, 1.807) is 0 Å². The van der Waals surface area contributed by atoms with Gasteiger partial charge in [0.15, 0.2) is 6.61 Å². The number of esters is 1. The molecule has 0 aliphatic heterocycles. The van der Waals surface area contributed by atoms with Crippen molar-refractivity contribution in [3.05, 3.63) is 39.9 Å². The molecule has 0 bridgehead atoms. The van der Waals surface area contributed by atoms with Crippen LogP contribution >= 0.6 is 0 Å². The summed E-state index contributed by atoms with van der Waals surface area (Å²) in [5, 5.41) is 10.6. The number of hydrazine groups is 1. The number of hydrogen-bond donors (Lipinski definition) is 2. The molecule has 2 amide bonds. The zero-order valence-electron chi connectivity index (χ0n) is 14.2. The summed E-state index contributed by atoms with van der Waals surface area (Å²) in [6, 6.07) is 4.90. The lowest BCUT2D eigenvalue weighted by atomic mass is 10.0. The summed E-state index contributed by atoms with van der Waals surface area (Å²) in [7, 11) is 0. The molecule has 1 saturated carbocycles. The number of non-ortho nitro benzene ring substituents is 1. The number of benzene rings is 1. The number of carbonyl (C=O) groups excluding carboxylic acids is 3. The Balaban J connectivity index is 1.64. The molecule has 2 N–H and O–H groups in total. The Morgan fingerprint density at radius 3 is 2.38 bits per heavy atom. The molecule has 9 heteroatoms. The molecule has 0 heterocycles. The van der Waals surface area contributed by atoms with Crippen molar-refractivity contribution in [3.8, 4) is 0 Å². The first-order valence-corrected chi connectivity index (χ1v) is 8.45. The fraction of sp³-hybridized carbons (Fsp3) is 0.471. The molecule has 9 nitrogen and oxygen atoms in total. The van der Waals surface area contributed by atoms with Crippen LogP contribution in [0.25, 0.3) is 0 Å². The highest BCUT2D eigenvalue weighted by Gasteiger charge is 2.17. The highest BCUT2D eigenvalue weighted by Crippen LogP contribution is 2.28. The van der Waals surface area contributed by atoms with Crippen molar-refractivity contribution < 1.29 is 24.0 Å². The van der Waals surface area contributed by atoms with Crippen LogP contribution < -0.4 is 10.9 Å². The molecule has 1 aliphatic carbocycles. The molecule has 140 valence electrons. The Kier molecular flexibility index (Phi) is 7.07. The smallest absolute Gasteiger partial charge is 0.306 e. The van der Waals surface area contributed by atoms with Crippen LogP contribution in [0.2, 0.25) is 0 Å². The van der Waals surface area contributed by atoms with Crippen molar-refractivity contribution in [2.75, 3.05) is 6.61 Å². The molecule has 0 saturated heterocycles. The monoisotopic (exact) mass is 363 g/mol. The van der Waals surface area contributed by atoms with Gasteiger partial charge in [-0.1, -0.05) is 25.7 Å². The molecule has 0 spiro atoms. The summed E-state index contributed by atoms with van der Waals surface area (Å²) < 4.78 is 4.87. The predicted molar refractivity (Wildman–Crippen MR) is 90.9 cm³/mol. The molecule has 0 radical (unpaired) electrons. The molecular formula is C17H21N3O6. The fourth-order valence-electron chi connectivity index (χ4n) is 2.81. The van der Waals surface area contributed by atoms with Gasteiger partial charge in [-0.05, 0) is 24.5 Å². The lowest BCUT2D eigenvalue weighted by Gasteiger charge is -2.09. The zero-order valence-corrected chi connectivity index (χ0v) is 14.2. The number of rotatable bonds is 7. The summed E-state index contributed by atoms with van der Waals surface area (Å²) in [5.41, 5.74) is 4.27. The number of hydrogen-bond acceptors (Lipinski definition) is 6. The maximum atomic E-state index is 11.8. The lowest BCUT2D eigenvalue weighted by Crippen LogP contribution is -2.43. The van der Waals surface area contributed by atoms with Crippen molar-refractivity contribution in [1.82, 2.24) is 10.9 Å². The third kappa shape index (κ3) is 6.15. The van der Waals surface area contributed by atoms with Crippen LogP contribution in [-0.2, 0) is 14.3 Å². The Hall–Kier alpha value is -2.97. The maximum absolute atomic E-state index is 11.8. The molecular weight excluding hydrogens is 342 g/mol. The van der Waals surface area contributed by atoms with Gasteiger partial charge in [-0.15, -0.1) is 0 Å². The largest absolute Gasteiger partial charge is 0.455 e. The van der Waals surface area contributed by atoms with Gasteiger partial charge in [0, 0.05) is 24.1 Å². The van der Waals surface area contributed by atoms with Crippen LogP contribution in [0.5, 0.6) is 0 Å². The molecule has 26 heavy (non-hydrogen) atoms. The van der Waals surface area contributed by atoms with Crippen molar-refractivity contribution in [2.24, 2.45) is 5.92 Å². The molecule has 1 aliphatic rings. The van der Waals surface area contributed by atoms with E-state index in [-0.39, 0.29) is 17.7 Å². The number of nitro benzene ring substituents is 1. The quantitative estimate of drug-likeness (QED) is 0.432. The molecule has 1 aromatic rings. The Labute approximate surface area is 150 Å². The van der Waals surface area contributed by atoms with Crippen molar-refractivity contribution in [3.63, 3.8) is 0 Å². The highest BCUT2D eigenvalue weighted by molar-refractivity contribution is 5.95. The van der Waals surface area contributed by atoms with Gasteiger partial charge < -0.3 is 4.74 Å². The number of nitrogens with zero attached hydrogens (tertiary/aromatic N) is 1. The van der Waals surface area contributed by atoms with E-state index in [0.29, 0.717) is 5.92 Å². The topological polar surface area (TPSA) is 128 Å². The van der Waals surface area contributed by atoms with E-state index < -0.39 is 29.3 Å². The summed E-state index contributed by atoms with van der Waals surface area (Å²) in [5.74, 6) is -1.18. The number of nitro groups is 1. The van der Waals surface area contributed by atoms with E-state index in [4.69, 9.17) is 4.74 Å². The molecule has 0 atom stereocenters. The van der Waals surface area contributed by atoms with Crippen molar-refractivity contribution in [1.29, 1.82) is 0 Å².